The molecule has 6 heteroatoms. The molecule has 88 valence electrons. The van der Waals surface area contributed by atoms with E-state index in [1.807, 2.05) is 0 Å². The van der Waals surface area contributed by atoms with Crippen molar-refractivity contribution in [3.05, 3.63) is 0 Å². The van der Waals surface area contributed by atoms with Gasteiger partial charge in [0.05, 0.1) is 0 Å². The minimum absolute atomic E-state index is 0.214. The van der Waals surface area contributed by atoms with E-state index in [1.54, 1.807) is 0 Å². The van der Waals surface area contributed by atoms with E-state index in [9.17, 15) is 23.1 Å². The summed E-state index contributed by atoms with van der Waals surface area (Å²) in [6.07, 6.45) is -2.31. The SMILES string of the molecule is CN(C(=O)C(F)(F)F)C1(O)CCCCC1. The van der Waals surface area contributed by atoms with Gasteiger partial charge in [-0.05, 0) is 25.7 Å². The molecular weight excluding hydrogens is 211 g/mol. The van der Waals surface area contributed by atoms with Gasteiger partial charge in [0.1, 0.15) is 5.72 Å². The van der Waals surface area contributed by atoms with E-state index >= 15 is 0 Å². The Hall–Kier alpha value is -0.780. The normalized spacial score (nSPS) is 21.1. The molecule has 1 aliphatic rings. The maximum absolute atomic E-state index is 12.1. The van der Waals surface area contributed by atoms with Crippen LogP contribution in [0.15, 0.2) is 0 Å². The molecule has 0 atom stereocenters. The molecule has 0 aromatic carbocycles. The lowest BCUT2D eigenvalue weighted by Crippen LogP contribution is -2.54. The monoisotopic (exact) mass is 225 g/mol. The van der Waals surface area contributed by atoms with Crippen LogP contribution in [0, 0.1) is 0 Å². The first kappa shape index (κ1) is 12.3. The van der Waals surface area contributed by atoms with E-state index < -0.39 is 17.8 Å². The van der Waals surface area contributed by atoms with Crippen LogP contribution in [0.4, 0.5) is 13.2 Å². The third-order valence-corrected chi connectivity index (χ3v) is 2.83. The van der Waals surface area contributed by atoms with E-state index in [0.717, 1.165) is 13.5 Å². The van der Waals surface area contributed by atoms with Gasteiger partial charge in [0.15, 0.2) is 0 Å². The van der Waals surface area contributed by atoms with Crippen molar-refractivity contribution >= 4 is 5.91 Å². The number of hydrogen-bond acceptors (Lipinski definition) is 2. The highest BCUT2D eigenvalue weighted by molar-refractivity contribution is 5.82. The average molecular weight is 225 g/mol. The van der Waals surface area contributed by atoms with Crippen molar-refractivity contribution in [2.75, 3.05) is 7.05 Å². The van der Waals surface area contributed by atoms with Gasteiger partial charge in [-0.25, -0.2) is 0 Å². The largest absolute Gasteiger partial charge is 0.471 e. The van der Waals surface area contributed by atoms with E-state index in [4.69, 9.17) is 0 Å². The van der Waals surface area contributed by atoms with Crippen molar-refractivity contribution < 1.29 is 23.1 Å². The molecule has 0 spiro atoms. The number of carbonyl (C=O) groups is 1. The molecule has 1 rings (SSSR count). The molecule has 1 saturated carbocycles. The van der Waals surface area contributed by atoms with Gasteiger partial charge in [0.2, 0.25) is 0 Å². The fourth-order valence-electron chi connectivity index (χ4n) is 1.83. The Morgan fingerprint density at radius 3 is 2.13 bits per heavy atom. The summed E-state index contributed by atoms with van der Waals surface area (Å²) >= 11 is 0. The van der Waals surface area contributed by atoms with Crippen LogP contribution in [0.1, 0.15) is 32.1 Å². The van der Waals surface area contributed by atoms with E-state index in [0.29, 0.717) is 17.7 Å². The summed E-state index contributed by atoms with van der Waals surface area (Å²) in [6.45, 7) is 0. The quantitative estimate of drug-likeness (QED) is 0.689. The minimum Gasteiger partial charge on any atom is -0.371 e. The molecule has 0 aromatic heterocycles. The zero-order valence-corrected chi connectivity index (χ0v) is 8.47. The number of amides is 1. The summed E-state index contributed by atoms with van der Waals surface area (Å²) in [5.41, 5.74) is -1.62. The minimum atomic E-state index is -4.91. The number of nitrogens with zero attached hydrogens (tertiary/aromatic N) is 1. The molecular formula is C9H14F3NO2. The summed E-state index contributed by atoms with van der Waals surface area (Å²) < 4.78 is 36.4. The molecule has 15 heavy (non-hydrogen) atoms. The smallest absolute Gasteiger partial charge is 0.371 e. The molecule has 1 N–H and O–H groups in total. The van der Waals surface area contributed by atoms with Crippen molar-refractivity contribution in [1.82, 2.24) is 4.90 Å². The highest BCUT2D eigenvalue weighted by Crippen LogP contribution is 2.32. The first-order chi connectivity index (χ1) is 6.77. The van der Waals surface area contributed by atoms with Gasteiger partial charge in [-0.3, -0.25) is 4.79 Å². The van der Waals surface area contributed by atoms with Crippen LogP contribution in [-0.2, 0) is 4.79 Å². The molecule has 1 amide bonds. The fourth-order valence-corrected chi connectivity index (χ4v) is 1.83. The lowest BCUT2D eigenvalue weighted by molar-refractivity contribution is -0.208. The van der Waals surface area contributed by atoms with Crippen LogP contribution in [0.25, 0.3) is 0 Å². The standard InChI is InChI=1S/C9H14F3NO2/c1-13(7(14)9(10,11)12)8(15)5-3-2-4-6-8/h15H,2-6H2,1H3. The lowest BCUT2D eigenvalue weighted by Gasteiger charge is -2.40. The molecule has 0 bridgehead atoms. The van der Waals surface area contributed by atoms with E-state index in [1.165, 1.54) is 0 Å². The Morgan fingerprint density at radius 1 is 1.27 bits per heavy atom. The van der Waals surface area contributed by atoms with Crippen molar-refractivity contribution in [2.45, 2.75) is 44.0 Å². The summed E-state index contributed by atoms with van der Waals surface area (Å²) in [5, 5.41) is 9.88. The highest BCUT2D eigenvalue weighted by atomic mass is 19.4. The van der Waals surface area contributed by atoms with Crippen molar-refractivity contribution in [2.24, 2.45) is 0 Å². The zero-order valence-electron chi connectivity index (χ0n) is 8.47. The summed E-state index contributed by atoms with van der Waals surface area (Å²) in [4.78, 5) is 11.3. The third kappa shape index (κ3) is 2.62. The number of rotatable bonds is 1. The molecule has 3 nitrogen and oxygen atoms in total. The van der Waals surface area contributed by atoms with E-state index in [-0.39, 0.29) is 12.8 Å². The number of aliphatic hydroxyl groups is 1. The molecule has 0 saturated heterocycles. The molecule has 0 aliphatic heterocycles. The Bertz CT molecular complexity index is 246. The van der Waals surface area contributed by atoms with Gasteiger partial charge < -0.3 is 10.0 Å². The second kappa shape index (κ2) is 4.00. The lowest BCUT2D eigenvalue weighted by atomic mass is 9.90. The summed E-state index contributed by atoms with van der Waals surface area (Å²) in [6, 6.07) is 0. The molecule has 0 radical (unpaired) electrons. The van der Waals surface area contributed by atoms with Gasteiger partial charge in [0, 0.05) is 7.05 Å². The molecule has 0 unspecified atom stereocenters. The van der Waals surface area contributed by atoms with Gasteiger partial charge in [-0.1, -0.05) is 6.42 Å². The van der Waals surface area contributed by atoms with Crippen LogP contribution in [-0.4, -0.2) is 34.9 Å². The van der Waals surface area contributed by atoms with Crippen LogP contribution >= 0.6 is 0 Å². The maximum atomic E-state index is 12.1. The predicted molar refractivity (Wildman–Crippen MR) is 46.9 cm³/mol. The number of alkyl halides is 3. The number of halogens is 3. The second-order valence-electron chi connectivity index (χ2n) is 3.91. The van der Waals surface area contributed by atoms with Crippen LogP contribution in [0.5, 0.6) is 0 Å². The van der Waals surface area contributed by atoms with Gasteiger partial charge in [-0.15, -0.1) is 0 Å². The Morgan fingerprint density at radius 2 is 1.73 bits per heavy atom. The van der Waals surface area contributed by atoms with E-state index in [2.05, 4.69) is 0 Å². The summed E-state index contributed by atoms with van der Waals surface area (Å²) in [5.74, 6) is -1.98. The molecule has 0 aromatic rings. The van der Waals surface area contributed by atoms with Gasteiger partial charge in [-0.2, -0.15) is 13.2 Å². The van der Waals surface area contributed by atoms with Crippen molar-refractivity contribution in [1.29, 1.82) is 0 Å². The highest BCUT2D eigenvalue weighted by Gasteiger charge is 2.47. The molecule has 1 fully saturated rings. The third-order valence-electron chi connectivity index (χ3n) is 2.83. The predicted octanol–water partition coefficient (Wildman–Crippen LogP) is 1.66. The molecule has 1 aliphatic carbocycles. The van der Waals surface area contributed by atoms with Crippen LogP contribution < -0.4 is 0 Å². The fraction of sp³-hybridized carbons (Fsp3) is 0.889. The topological polar surface area (TPSA) is 40.5 Å². The van der Waals surface area contributed by atoms with Crippen molar-refractivity contribution in [3.63, 3.8) is 0 Å². The number of carbonyl (C=O) groups excluding carboxylic acids is 1. The Kier molecular flexibility index (Phi) is 3.28. The maximum Gasteiger partial charge on any atom is 0.471 e. The Balaban J connectivity index is 2.74. The first-order valence-corrected chi connectivity index (χ1v) is 4.85. The second-order valence-corrected chi connectivity index (χ2v) is 3.91. The zero-order chi connectivity index (χ0) is 11.7. The number of hydrogen-bond donors (Lipinski definition) is 1. The van der Waals surface area contributed by atoms with Gasteiger partial charge >= 0.3 is 12.1 Å². The molecule has 0 heterocycles. The first-order valence-electron chi connectivity index (χ1n) is 4.85. The van der Waals surface area contributed by atoms with Crippen LogP contribution in [0.2, 0.25) is 0 Å². The Labute approximate surface area is 85.9 Å². The van der Waals surface area contributed by atoms with Crippen LogP contribution in [0.3, 0.4) is 0 Å². The van der Waals surface area contributed by atoms with Crippen molar-refractivity contribution in [3.8, 4) is 0 Å². The summed E-state index contributed by atoms with van der Waals surface area (Å²) in [7, 11) is 1.00. The average Bonchev–Trinajstić information content (AvgIpc) is 2.15. The van der Waals surface area contributed by atoms with Gasteiger partial charge in [0.25, 0.3) is 0 Å².